The van der Waals surface area contributed by atoms with Gasteiger partial charge in [0.2, 0.25) is 5.91 Å². The second-order valence-electron chi connectivity index (χ2n) is 4.20. The molecule has 0 aromatic heterocycles. The first-order chi connectivity index (χ1) is 8.58. The number of carbonyl (C=O) groups is 1. The predicted molar refractivity (Wildman–Crippen MR) is 69.4 cm³/mol. The Morgan fingerprint density at radius 3 is 2.50 bits per heavy atom. The topological polar surface area (TPSA) is 62.1 Å². The largest absolute Gasteiger partial charge is 0.496 e. The molecule has 4 heteroatoms. The van der Waals surface area contributed by atoms with E-state index in [2.05, 4.69) is 17.4 Å². The van der Waals surface area contributed by atoms with Crippen molar-refractivity contribution < 1.29 is 9.53 Å². The van der Waals surface area contributed by atoms with Gasteiger partial charge in [0, 0.05) is 6.54 Å². The van der Waals surface area contributed by atoms with Gasteiger partial charge in [-0.15, -0.1) is 0 Å². The molecule has 0 heterocycles. The van der Waals surface area contributed by atoms with Crippen molar-refractivity contribution in [3.8, 4) is 11.8 Å². The summed E-state index contributed by atoms with van der Waals surface area (Å²) in [6, 6.07) is 5.94. The van der Waals surface area contributed by atoms with Crippen LogP contribution in [-0.2, 0) is 11.2 Å². The van der Waals surface area contributed by atoms with E-state index >= 15 is 0 Å². The first-order valence-corrected chi connectivity index (χ1v) is 5.86. The number of methoxy groups -OCH3 is 1. The van der Waals surface area contributed by atoms with Gasteiger partial charge in [0.1, 0.15) is 12.2 Å². The number of hydrogen-bond acceptors (Lipinski definition) is 3. The van der Waals surface area contributed by atoms with Gasteiger partial charge in [-0.2, -0.15) is 5.26 Å². The Balaban J connectivity index is 2.59. The molecule has 0 radical (unpaired) electrons. The number of rotatable bonds is 5. The Bertz CT molecular complexity index is 452. The van der Waals surface area contributed by atoms with Crippen LogP contribution in [0, 0.1) is 25.2 Å². The summed E-state index contributed by atoms with van der Waals surface area (Å²) in [5.41, 5.74) is 3.34. The molecule has 1 amide bonds. The van der Waals surface area contributed by atoms with Gasteiger partial charge in [0.05, 0.1) is 13.2 Å². The third-order valence-corrected chi connectivity index (χ3v) is 2.70. The third-order valence-electron chi connectivity index (χ3n) is 2.70. The first-order valence-electron chi connectivity index (χ1n) is 5.86. The molecule has 0 saturated heterocycles. The number of nitriles is 1. The van der Waals surface area contributed by atoms with Gasteiger partial charge in [-0.05, 0) is 37.0 Å². The summed E-state index contributed by atoms with van der Waals surface area (Å²) >= 11 is 0. The van der Waals surface area contributed by atoms with Crippen molar-refractivity contribution in [2.75, 3.05) is 13.7 Å². The molecule has 1 aromatic rings. The van der Waals surface area contributed by atoms with E-state index in [4.69, 9.17) is 10.00 Å². The molecule has 0 unspecified atom stereocenters. The van der Waals surface area contributed by atoms with E-state index in [1.54, 1.807) is 7.11 Å². The molecule has 0 aliphatic heterocycles. The van der Waals surface area contributed by atoms with Crippen LogP contribution in [0.25, 0.3) is 0 Å². The molecule has 0 aliphatic carbocycles. The van der Waals surface area contributed by atoms with E-state index in [9.17, 15) is 4.79 Å². The lowest BCUT2D eigenvalue weighted by Gasteiger charge is -2.11. The first kappa shape index (κ1) is 14.0. The number of carbonyl (C=O) groups excluding carboxylic acids is 1. The highest BCUT2D eigenvalue weighted by molar-refractivity contribution is 5.77. The zero-order valence-corrected chi connectivity index (χ0v) is 11.0. The summed E-state index contributed by atoms with van der Waals surface area (Å²) in [5.74, 6) is 0.687. The normalized spacial score (nSPS) is 9.67. The fourth-order valence-corrected chi connectivity index (χ4v) is 1.99. The molecule has 1 aromatic carbocycles. The van der Waals surface area contributed by atoms with Crippen molar-refractivity contribution >= 4 is 5.91 Å². The number of aryl methyl sites for hydroxylation is 2. The Kier molecular flexibility index (Phi) is 5.19. The van der Waals surface area contributed by atoms with Crippen molar-refractivity contribution in [2.45, 2.75) is 26.7 Å². The van der Waals surface area contributed by atoms with Gasteiger partial charge in [-0.25, -0.2) is 0 Å². The minimum atomic E-state index is -0.223. The van der Waals surface area contributed by atoms with Gasteiger partial charge in [-0.3, -0.25) is 4.79 Å². The van der Waals surface area contributed by atoms with E-state index in [0.717, 1.165) is 28.9 Å². The minimum Gasteiger partial charge on any atom is -0.496 e. The molecular weight excluding hydrogens is 228 g/mol. The average molecular weight is 246 g/mol. The fourth-order valence-electron chi connectivity index (χ4n) is 1.99. The highest BCUT2D eigenvalue weighted by Gasteiger charge is 2.05. The zero-order chi connectivity index (χ0) is 13.5. The van der Waals surface area contributed by atoms with Crippen molar-refractivity contribution in [1.29, 1.82) is 5.26 Å². The standard InChI is InChI=1S/C14H18N2O2/c1-10-8-12(9-11(2)14(10)18-3)5-7-16-13(17)4-6-15/h8-9H,4-5,7H2,1-3H3,(H,16,17). The smallest absolute Gasteiger partial charge is 0.234 e. The molecule has 0 aliphatic rings. The number of nitrogens with zero attached hydrogens (tertiary/aromatic N) is 1. The molecular formula is C14H18N2O2. The van der Waals surface area contributed by atoms with E-state index in [-0.39, 0.29) is 12.3 Å². The van der Waals surface area contributed by atoms with Gasteiger partial charge in [-0.1, -0.05) is 12.1 Å². The molecule has 1 rings (SSSR count). The molecule has 96 valence electrons. The summed E-state index contributed by atoms with van der Waals surface area (Å²) in [4.78, 5) is 11.1. The number of amides is 1. The second-order valence-corrected chi connectivity index (χ2v) is 4.20. The highest BCUT2D eigenvalue weighted by atomic mass is 16.5. The summed E-state index contributed by atoms with van der Waals surface area (Å²) in [6.07, 6.45) is 0.670. The van der Waals surface area contributed by atoms with Crippen LogP contribution in [0.2, 0.25) is 0 Å². The van der Waals surface area contributed by atoms with Crippen LogP contribution < -0.4 is 10.1 Å². The molecule has 18 heavy (non-hydrogen) atoms. The quantitative estimate of drug-likeness (QED) is 0.863. The van der Waals surface area contributed by atoms with Crippen molar-refractivity contribution in [3.05, 3.63) is 28.8 Å². The monoisotopic (exact) mass is 246 g/mol. The van der Waals surface area contributed by atoms with Gasteiger partial charge in [0.25, 0.3) is 0 Å². The second kappa shape index (κ2) is 6.65. The Labute approximate surface area is 108 Å². The number of nitrogens with one attached hydrogen (secondary N) is 1. The van der Waals surface area contributed by atoms with Crippen molar-refractivity contribution in [3.63, 3.8) is 0 Å². The molecule has 0 fully saturated rings. The Morgan fingerprint density at radius 1 is 1.39 bits per heavy atom. The van der Waals surface area contributed by atoms with Gasteiger partial charge >= 0.3 is 0 Å². The van der Waals surface area contributed by atoms with Gasteiger partial charge in [0.15, 0.2) is 0 Å². The van der Waals surface area contributed by atoms with E-state index in [0.29, 0.717) is 6.54 Å². The van der Waals surface area contributed by atoms with Crippen molar-refractivity contribution in [2.24, 2.45) is 0 Å². The molecule has 0 atom stereocenters. The highest BCUT2D eigenvalue weighted by Crippen LogP contribution is 2.24. The van der Waals surface area contributed by atoms with Crippen molar-refractivity contribution in [1.82, 2.24) is 5.32 Å². The SMILES string of the molecule is COc1c(C)cc(CCNC(=O)CC#N)cc1C. The van der Waals surface area contributed by atoms with E-state index < -0.39 is 0 Å². The van der Waals surface area contributed by atoms with Crippen LogP contribution in [0.15, 0.2) is 12.1 Å². The lowest BCUT2D eigenvalue weighted by Crippen LogP contribution is -2.24. The van der Waals surface area contributed by atoms with E-state index in [1.807, 2.05) is 19.9 Å². The molecule has 0 bridgehead atoms. The molecule has 4 nitrogen and oxygen atoms in total. The number of hydrogen-bond donors (Lipinski definition) is 1. The van der Waals surface area contributed by atoms with Crippen LogP contribution in [0.5, 0.6) is 5.75 Å². The molecule has 0 saturated carbocycles. The number of benzene rings is 1. The average Bonchev–Trinajstić information content (AvgIpc) is 2.29. The minimum absolute atomic E-state index is 0.0827. The van der Waals surface area contributed by atoms with Crippen LogP contribution in [0.1, 0.15) is 23.1 Å². The lowest BCUT2D eigenvalue weighted by molar-refractivity contribution is -0.120. The van der Waals surface area contributed by atoms with Gasteiger partial charge < -0.3 is 10.1 Å². The molecule has 0 spiro atoms. The predicted octanol–water partition coefficient (Wildman–Crippen LogP) is 1.88. The molecule has 1 N–H and O–H groups in total. The van der Waals surface area contributed by atoms with Crippen LogP contribution in [-0.4, -0.2) is 19.6 Å². The Hall–Kier alpha value is -2.02. The maximum absolute atomic E-state index is 11.1. The van der Waals surface area contributed by atoms with Crippen LogP contribution >= 0.6 is 0 Å². The van der Waals surface area contributed by atoms with E-state index in [1.165, 1.54) is 0 Å². The summed E-state index contributed by atoms with van der Waals surface area (Å²) in [7, 11) is 1.66. The summed E-state index contributed by atoms with van der Waals surface area (Å²) < 4.78 is 5.30. The maximum atomic E-state index is 11.1. The maximum Gasteiger partial charge on any atom is 0.234 e. The fraction of sp³-hybridized carbons (Fsp3) is 0.429. The zero-order valence-electron chi connectivity index (χ0n) is 11.0. The number of ether oxygens (including phenoxy) is 1. The van der Waals surface area contributed by atoms with Crippen LogP contribution in [0.3, 0.4) is 0 Å². The van der Waals surface area contributed by atoms with Crippen LogP contribution in [0.4, 0.5) is 0 Å². The summed E-state index contributed by atoms with van der Waals surface area (Å²) in [5, 5.41) is 11.1. The third kappa shape index (κ3) is 3.77. The summed E-state index contributed by atoms with van der Waals surface area (Å²) in [6.45, 7) is 4.55. The Morgan fingerprint density at radius 2 is 2.00 bits per heavy atom. The lowest BCUT2D eigenvalue weighted by atomic mass is 10.0.